The molecule has 4 aromatic rings. The Hall–Kier alpha value is -4.18. The first-order valence-electron chi connectivity index (χ1n) is 12.1. The summed E-state index contributed by atoms with van der Waals surface area (Å²) in [5, 5.41) is 18.4. The summed E-state index contributed by atoms with van der Waals surface area (Å²) in [6, 6.07) is 11.8. The van der Waals surface area contributed by atoms with Crippen molar-refractivity contribution < 1.29 is 4.74 Å². The number of hydrogen-bond acceptors (Lipinski definition) is 7. The predicted molar refractivity (Wildman–Crippen MR) is 141 cm³/mol. The fourth-order valence-electron chi connectivity index (χ4n) is 4.51. The normalized spacial score (nSPS) is 15.7. The Bertz CT molecular complexity index is 1390. The molecule has 0 saturated carbocycles. The highest BCUT2D eigenvalue weighted by Gasteiger charge is 2.23. The molecule has 186 valence electrons. The molecule has 36 heavy (non-hydrogen) atoms. The lowest BCUT2D eigenvalue weighted by Gasteiger charge is -2.35. The average Bonchev–Trinajstić information content (AvgIpc) is 3.54. The van der Waals surface area contributed by atoms with Crippen LogP contribution >= 0.6 is 0 Å². The average molecular weight is 487 g/mol. The molecule has 5 rings (SSSR count). The summed E-state index contributed by atoms with van der Waals surface area (Å²) in [5.74, 6) is 2.07. The van der Waals surface area contributed by atoms with E-state index in [1.165, 1.54) is 6.21 Å². The van der Waals surface area contributed by atoms with Crippen LogP contribution in [-0.4, -0.2) is 56.3 Å². The number of nitrogens with one attached hydrogen (secondary N) is 3. The second kappa shape index (κ2) is 10.2. The van der Waals surface area contributed by atoms with Gasteiger partial charge >= 0.3 is 5.69 Å². The van der Waals surface area contributed by atoms with Crippen LogP contribution in [-0.2, 0) is 11.3 Å². The second-order valence-corrected chi connectivity index (χ2v) is 8.84. The van der Waals surface area contributed by atoms with Crippen molar-refractivity contribution in [3.8, 4) is 16.8 Å². The van der Waals surface area contributed by atoms with Crippen LogP contribution in [0.15, 0.2) is 59.8 Å². The van der Waals surface area contributed by atoms with Crippen LogP contribution in [0.25, 0.3) is 16.8 Å². The van der Waals surface area contributed by atoms with Crippen LogP contribution in [0.5, 0.6) is 0 Å². The van der Waals surface area contributed by atoms with Crippen LogP contribution < -0.4 is 15.9 Å². The van der Waals surface area contributed by atoms with Crippen LogP contribution in [0.4, 0.5) is 17.5 Å². The van der Waals surface area contributed by atoms with Gasteiger partial charge in [0.2, 0.25) is 0 Å². The Morgan fingerprint density at radius 2 is 2.08 bits per heavy atom. The van der Waals surface area contributed by atoms with Gasteiger partial charge in [-0.3, -0.25) is 14.2 Å². The molecule has 1 aliphatic rings. The molecular weight excluding hydrogens is 456 g/mol. The van der Waals surface area contributed by atoms with E-state index in [2.05, 4.69) is 34.3 Å². The van der Waals surface area contributed by atoms with E-state index in [1.54, 1.807) is 21.5 Å². The molecule has 0 aliphatic carbocycles. The molecule has 10 heteroatoms. The number of aromatic amines is 1. The Labute approximate surface area is 209 Å². The SMILES string of the molecule is CCCn1ccn(-c2ccc(-c3cc(N4CCOC[C@H]4C)nc(Nc4ccn[nH]4)c3C=N)cc2)c1=O. The minimum absolute atomic E-state index is 0.0525. The number of benzene rings is 1. The van der Waals surface area contributed by atoms with Crippen LogP contribution in [0.1, 0.15) is 25.8 Å². The number of imidazole rings is 1. The van der Waals surface area contributed by atoms with Crippen LogP contribution in [0.3, 0.4) is 0 Å². The molecule has 0 unspecified atom stereocenters. The molecule has 1 aromatic carbocycles. The standard InChI is InChI=1S/C26H30N8O2/c1-3-10-32-11-12-34(26(32)35)20-6-4-19(5-7-20)21-15-24(33-13-14-36-17-18(33)2)30-25(22(21)16-27)29-23-8-9-28-31-23/h4-9,11-12,15-16,18,27H,3,10,13-14,17H2,1-2H3,(H2,28,29,30,31)/t18-/m1/s1. The molecule has 1 fully saturated rings. The van der Waals surface area contributed by atoms with E-state index in [0.29, 0.717) is 37.0 Å². The van der Waals surface area contributed by atoms with E-state index in [9.17, 15) is 4.79 Å². The summed E-state index contributed by atoms with van der Waals surface area (Å²) in [4.78, 5) is 19.8. The van der Waals surface area contributed by atoms with Gasteiger partial charge in [0.25, 0.3) is 0 Å². The lowest BCUT2D eigenvalue weighted by Crippen LogP contribution is -2.44. The zero-order chi connectivity index (χ0) is 25.1. The van der Waals surface area contributed by atoms with Crippen molar-refractivity contribution in [1.29, 1.82) is 5.41 Å². The molecule has 0 bridgehead atoms. The molecule has 0 radical (unpaired) electrons. The number of pyridine rings is 1. The number of morpholine rings is 1. The Morgan fingerprint density at radius 3 is 2.78 bits per heavy atom. The number of aryl methyl sites for hydroxylation is 1. The molecule has 1 saturated heterocycles. The van der Waals surface area contributed by atoms with Gasteiger partial charge in [-0.05, 0) is 42.7 Å². The molecule has 0 spiro atoms. The maximum Gasteiger partial charge on any atom is 0.332 e. The zero-order valence-corrected chi connectivity index (χ0v) is 20.4. The number of ether oxygens (including phenoxy) is 1. The highest BCUT2D eigenvalue weighted by Crippen LogP contribution is 2.33. The van der Waals surface area contributed by atoms with E-state index in [-0.39, 0.29) is 11.7 Å². The summed E-state index contributed by atoms with van der Waals surface area (Å²) in [6.07, 6.45) is 7.49. The van der Waals surface area contributed by atoms with Gasteiger partial charge in [0.05, 0.1) is 31.1 Å². The Morgan fingerprint density at radius 1 is 1.25 bits per heavy atom. The van der Waals surface area contributed by atoms with Crippen LogP contribution in [0.2, 0.25) is 0 Å². The zero-order valence-electron chi connectivity index (χ0n) is 20.4. The lowest BCUT2D eigenvalue weighted by molar-refractivity contribution is 0.0985. The predicted octanol–water partition coefficient (Wildman–Crippen LogP) is 3.80. The monoisotopic (exact) mass is 486 g/mol. The van der Waals surface area contributed by atoms with Crippen molar-refractivity contribution in [2.75, 3.05) is 30.0 Å². The van der Waals surface area contributed by atoms with Crippen molar-refractivity contribution in [3.63, 3.8) is 0 Å². The van der Waals surface area contributed by atoms with Gasteiger partial charge in [-0.1, -0.05) is 19.1 Å². The highest BCUT2D eigenvalue weighted by molar-refractivity contribution is 5.96. The number of hydrogen-bond donors (Lipinski definition) is 3. The molecule has 3 aromatic heterocycles. The smallest absolute Gasteiger partial charge is 0.332 e. The first kappa shape index (κ1) is 23.6. The first-order valence-corrected chi connectivity index (χ1v) is 12.1. The van der Waals surface area contributed by atoms with Gasteiger partial charge in [-0.15, -0.1) is 0 Å². The highest BCUT2D eigenvalue weighted by atomic mass is 16.5. The number of nitrogens with zero attached hydrogens (tertiary/aromatic N) is 5. The third-order valence-corrected chi connectivity index (χ3v) is 6.37. The summed E-state index contributed by atoms with van der Waals surface area (Å²) in [7, 11) is 0. The van der Waals surface area contributed by atoms with Crippen molar-refractivity contribution in [1.82, 2.24) is 24.3 Å². The number of aromatic nitrogens is 5. The maximum absolute atomic E-state index is 12.7. The Balaban J connectivity index is 1.57. The minimum Gasteiger partial charge on any atom is -0.377 e. The fourth-order valence-corrected chi connectivity index (χ4v) is 4.51. The van der Waals surface area contributed by atoms with Gasteiger partial charge in [0.15, 0.2) is 0 Å². The third kappa shape index (κ3) is 4.55. The first-order chi connectivity index (χ1) is 17.6. The van der Waals surface area contributed by atoms with Crippen molar-refractivity contribution >= 4 is 23.7 Å². The molecule has 1 atom stereocenters. The largest absolute Gasteiger partial charge is 0.377 e. The Kier molecular flexibility index (Phi) is 6.68. The maximum atomic E-state index is 12.7. The topological polar surface area (TPSA) is 117 Å². The molecule has 10 nitrogen and oxygen atoms in total. The summed E-state index contributed by atoms with van der Waals surface area (Å²) in [5.41, 5.74) is 3.20. The minimum atomic E-state index is -0.0525. The molecule has 4 heterocycles. The fraction of sp³-hybridized carbons (Fsp3) is 0.308. The van der Waals surface area contributed by atoms with E-state index in [1.807, 2.05) is 42.6 Å². The number of rotatable bonds is 8. The van der Waals surface area contributed by atoms with Crippen molar-refractivity contribution in [3.05, 3.63) is 71.0 Å². The molecule has 3 N–H and O–H groups in total. The van der Waals surface area contributed by atoms with Crippen LogP contribution in [0, 0.1) is 5.41 Å². The molecule has 0 amide bonds. The van der Waals surface area contributed by atoms with E-state index < -0.39 is 0 Å². The van der Waals surface area contributed by atoms with Crippen molar-refractivity contribution in [2.45, 2.75) is 32.9 Å². The number of anilines is 3. The van der Waals surface area contributed by atoms with Gasteiger partial charge in [0, 0.05) is 43.3 Å². The van der Waals surface area contributed by atoms with E-state index in [4.69, 9.17) is 15.1 Å². The number of H-pyrrole nitrogens is 1. The molecule has 1 aliphatic heterocycles. The molecular formula is C26H30N8O2. The van der Waals surface area contributed by atoms with Gasteiger partial charge in [-0.25, -0.2) is 9.78 Å². The summed E-state index contributed by atoms with van der Waals surface area (Å²) < 4.78 is 8.99. The third-order valence-electron chi connectivity index (χ3n) is 6.37. The van der Waals surface area contributed by atoms with E-state index in [0.717, 1.165) is 35.6 Å². The van der Waals surface area contributed by atoms with Gasteiger partial charge < -0.3 is 20.4 Å². The summed E-state index contributed by atoms with van der Waals surface area (Å²) >= 11 is 0. The van der Waals surface area contributed by atoms with E-state index >= 15 is 0 Å². The van der Waals surface area contributed by atoms with Gasteiger partial charge in [0.1, 0.15) is 17.5 Å². The van der Waals surface area contributed by atoms with Gasteiger partial charge in [-0.2, -0.15) is 5.10 Å². The quantitative estimate of drug-likeness (QED) is 0.326. The van der Waals surface area contributed by atoms with Crippen molar-refractivity contribution in [2.24, 2.45) is 0 Å². The summed E-state index contributed by atoms with van der Waals surface area (Å²) in [6.45, 7) is 6.86. The lowest BCUT2D eigenvalue weighted by atomic mass is 10.00. The second-order valence-electron chi connectivity index (χ2n) is 8.84.